The third-order valence-electron chi connectivity index (χ3n) is 3.39. The van der Waals surface area contributed by atoms with Crippen LogP contribution in [-0.2, 0) is 4.79 Å². The van der Waals surface area contributed by atoms with E-state index in [1.807, 2.05) is 11.9 Å². The highest BCUT2D eigenvalue weighted by Gasteiger charge is 2.37. The van der Waals surface area contributed by atoms with Crippen LogP contribution in [0.5, 0.6) is 0 Å². The van der Waals surface area contributed by atoms with Gasteiger partial charge in [-0.3, -0.25) is 4.79 Å². The van der Waals surface area contributed by atoms with Gasteiger partial charge in [0.15, 0.2) is 0 Å². The Labute approximate surface area is 79.5 Å². The minimum absolute atomic E-state index is 0.233. The van der Waals surface area contributed by atoms with E-state index < -0.39 is 0 Å². The van der Waals surface area contributed by atoms with Crippen molar-refractivity contribution in [3.05, 3.63) is 0 Å². The molecule has 1 saturated carbocycles. The Morgan fingerprint density at radius 2 is 2.00 bits per heavy atom. The Balaban J connectivity index is 2.02. The van der Waals surface area contributed by atoms with Gasteiger partial charge in [0.25, 0.3) is 0 Å². The molecule has 3 heteroatoms. The number of likely N-dealkylation sites (N-methyl/N-ethyl adjacent to an activating group) is 1. The van der Waals surface area contributed by atoms with Gasteiger partial charge < -0.3 is 10.2 Å². The van der Waals surface area contributed by atoms with Crippen LogP contribution in [0.25, 0.3) is 0 Å². The quantitative estimate of drug-likeness (QED) is 0.599. The molecule has 2 fully saturated rings. The zero-order valence-electron chi connectivity index (χ0n) is 8.31. The van der Waals surface area contributed by atoms with Crippen molar-refractivity contribution >= 4 is 5.91 Å². The predicted molar refractivity (Wildman–Crippen MR) is 51.5 cm³/mol. The standard InChI is InChI=1S/C10H18N2O/c1-12-8-10(11-7-9(12)13)5-3-2-4-6-10/h11H,2-8H2,1H3. The summed E-state index contributed by atoms with van der Waals surface area (Å²) < 4.78 is 0. The summed E-state index contributed by atoms with van der Waals surface area (Å²) in [5, 5.41) is 3.42. The summed E-state index contributed by atoms with van der Waals surface area (Å²) in [5.74, 6) is 0.233. The Morgan fingerprint density at radius 1 is 1.31 bits per heavy atom. The largest absolute Gasteiger partial charge is 0.343 e. The van der Waals surface area contributed by atoms with Gasteiger partial charge in [-0.2, -0.15) is 0 Å². The van der Waals surface area contributed by atoms with E-state index in [1.165, 1.54) is 32.1 Å². The maximum Gasteiger partial charge on any atom is 0.236 e. The van der Waals surface area contributed by atoms with Gasteiger partial charge in [0.2, 0.25) is 5.91 Å². The first-order valence-electron chi connectivity index (χ1n) is 5.21. The van der Waals surface area contributed by atoms with E-state index in [0.29, 0.717) is 6.54 Å². The second kappa shape index (κ2) is 3.29. The number of carbonyl (C=O) groups is 1. The highest BCUT2D eigenvalue weighted by molar-refractivity contribution is 5.79. The second-order valence-corrected chi connectivity index (χ2v) is 4.44. The highest BCUT2D eigenvalue weighted by atomic mass is 16.2. The smallest absolute Gasteiger partial charge is 0.236 e. The number of nitrogens with zero attached hydrogens (tertiary/aromatic N) is 1. The minimum Gasteiger partial charge on any atom is -0.343 e. The Morgan fingerprint density at radius 3 is 2.62 bits per heavy atom. The number of amides is 1. The van der Waals surface area contributed by atoms with Crippen LogP contribution in [0.3, 0.4) is 0 Å². The normalized spacial score (nSPS) is 28.1. The van der Waals surface area contributed by atoms with Crippen molar-refractivity contribution in [1.82, 2.24) is 10.2 Å². The summed E-state index contributed by atoms with van der Waals surface area (Å²) in [6, 6.07) is 0. The van der Waals surface area contributed by atoms with E-state index in [-0.39, 0.29) is 11.4 Å². The summed E-state index contributed by atoms with van der Waals surface area (Å²) in [7, 11) is 1.92. The summed E-state index contributed by atoms with van der Waals surface area (Å²) in [4.78, 5) is 13.2. The lowest BCUT2D eigenvalue weighted by Crippen LogP contribution is -2.62. The van der Waals surface area contributed by atoms with Crippen molar-refractivity contribution in [1.29, 1.82) is 0 Å². The van der Waals surface area contributed by atoms with Crippen LogP contribution in [0.1, 0.15) is 32.1 Å². The van der Waals surface area contributed by atoms with Crippen LogP contribution in [0.15, 0.2) is 0 Å². The molecule has 74 valence electrons. The van der Waals surface area contributed by atoms with Crippen molar-refractivity contribution in [2.45, 2.75) is 37.6 Å². The maximum absolute atomic E-state index is 11.3. The molecule has 0 bridgehead atoms. The Hall–Kier alpha value is -0.570. The van der Waals surface area contributed by atoms with E-state index in [2.05, 4.69) is 5.32 Å². The molecule has 0 radical (unpaired) electrons. The fourth-order valence-corrected chi connectivity index (χ4v) is 2.56. The van der Waals surface area contributed by atoms with Crippen LogP contribution in [-0.4, -0.2) is 36.5 Å². The molecule has 0 unspecified atom stereocenters. The number of rotatable bonds is 0. The molecule has 1 N–H and O–H groups in total. The molecule has 1 saturated heterocycles. The van der Waals surface area contributed by atoms with E-state index in [9.17, 15) is 4.79 Å². The second-order valence-electron chi connectivity index (χ2n) is 4.44. The molecule has 13 heavy (non-hydrogen) atoms. The number of carbonyl (C=O) groups excluding carboxylic acids is 1. The van der Waals surface area contributed by atoms with Gasteiger partial charge in [-0.25, -0.2) is 0 Å². The molecule has 0 aromatic carbocycles. The first kappa shape index (κ1) is 9.00. The molecule has 3 nitrogen and oxygen atoms in total. The fourth-order valence-electron chi connectivity index (χ4n) is 2.56. The van der Waals surface area contributed by atoms with E-state index in [1.54, 1.807) is 0 Å². The van der Waals surface area contributed by atoms with E-state index in [4.69, 9.17) is 0 Å². The van der Waals surface area contributed by atoms with Crippen LogP contribution >= 0.6 is 0 Å². The van der Waals surface area contributed by atoms with Gasteiger partial charge in [0.1, 0.15) is 0 Å². The molecule has 0 aromatic heterocycles. The average Bonchev–Trinajstić information content (AvgIpc) is 2.14. The van der Waals surface area contributed by atoms with Gasteiger partial charge >= 0.3 is 0 Å². The molecule has 1 amide bonds. The molecule has 1 aliphatic carbocycles. The van der Waals surface area contributed by atoms with Crippen LogP contribution in [0, 0.1) is 0 Å². The molecule has 1 aliphatic heterocycles. The summed E-state index contributed by atoms with van der Waals surface area (Å²) >= 11 is 0. The zero-order valence-corrected chi connectivity index (χ0v) is 8.31. The monoisotopic (exact) mass is 182 g/mol. The topological polar surface area (TPSA) is 32.3 Å². The van der Waals surface area contributed by atoms with E-state index in [0.717, 1.165) is 6.54 Å². The lowest BCUT2D eigenvalue weighted by molar-refractivity contribution is -0.133. The van der Waals surface area contributed by atoms with Crippen molar-refractivity contribution in [2.24, 2.45) is 0 Å². The van der Waals surface area contributed by atoms with Crippen LogP contribution in [0.4, 0.5) is 0 Å². The van der Waals surface area contributed by atoms with Gasteiger partial charge in [-0.05, 0) is 12.8 Å². The molecule has 1 spiro atoms. The van der Waals surface area contributed by atoms with Crippen molar-refractivity contribution < 1.29 is 4.79 Å². The molecule has 0 atom stereocenters. The molecule has 0 aromatic rings. The van der Waals surface area contributed by atoms with Gasteiger partial charge in [-0.1, -0.05) is 19.3 Å². The minimum atomic E-state index is 0.233. The van der Waals surface area contributed by atoms with Crippen molar-refractivity contribution in [2.75, 3.05) is 20.1 Å². The fraction of sp³-hybridized carbons (Fsp3) is 0.900. The third-order valence-corrected chi connectivity index (χ3v) is 3.39. The summed E-state index contributed by atoms with van der Waals surface area (Å²) in [6.07, 6.45) is 6.47. The average molecular weight is 182 g/mol. The van der Waals surface area contributed by atoms with Crippen LogP contribution < -0.4 is 5.32 Å². The first-order valence-corrected chi connectivity index (χ1v) is 5.21. The van der Waals surface area contributed by atoms with Crippen molar-refractivity contribution in [3.63, 3.8) is 0 Å². The highest BCUT2D eigenvalue weighted by Crippen LogP contribution is 2.30. The van der Waals surface area contributed by atoms with Gasteiger partial charge in [0, 0.05) is 19.1 Å². The Kier molecular flexibility index (Phi) is 2.28. The van der Waals surface area contributed by atoms with Gasteiger partial charge in [0.05, 0.1) is 6.54 Å². The van der Waals surface area contributed by atoms with Crippen LogP contribution in [0.2, 0.25) is 0 Å². The number of piperazine rings is 1. The predicted octanol–water partition coefficient (Wildman–Crippen LogP) is 0.751. The first-order chi connectivity index (χ1) is 6.22. The maximum atomic E-state index is 11.3. The number of hydrogen-bond donors (Lipinski definition) is 1. The molecule has 1 heterocycles. The number of hydrogen-bond acceptors (Lipinski definition) is 2. The zero-order chi connectivity index (χ0) is 9.31. The molecular formula is C10H18N2O. The summed E-state index contributed by atoms with van der Waals surface area (Å²) in [5.41, 5.74) is 0.265. The number of nitrogens with one attached hydrogen (secondary N) is 1. The van der Waals surface area contributed by atoms with E-state index >= 15 is 0 Å². The lowest BCUT2D eigenvalue weighted by atomic mass is 9.80. The summed E-state index contributed by atoms with van der Waals surface area (Å²) in [6.45, 7) is 1.45. The lowest BCUT2D eigenvalue weighted by Gasteiger charge is -2.44. The Bertz CT molecular complexity index is 209. The molecule has 2 aliphatic rings. The van der Waals surface area contributed by atoms with Gasteiger partial charge in [-0.15, -0.1) is 0 Å². The molecule has 2 rings (SSSR count). The third kappa shape index (κ3) is 1.70. The van der Waals surface area contributed by atoms with Crippen molar-refractivity contribution in [3.8, 4) is 0 Å². The molecular weight excluding hydrogens is 164 g/mol. The SMILES string of the molecule is CN1CC2(CCCCC2)NCC1=O.